The van der Waals surface area contributed by atoms with Gasteiger partial charge in [-0.3, -0.25) is 4.90 Å². The molecule has 0 aromatic carbocycles. The Bertz CT molecular complexity index is 274. The quantitative estimate of drug-likeness (QED) is 0.848. The molecule has 2 aliphatic rings. The van der Waals surface area contributed by atoms with Gasteiger partial charge in [0.15, 0.2) is 0 Å². The maximum absolute atomic E-state index is 5.80. The molecule has 0 aromatic heterocycles. The molecule has 112 valence electrons. The first-order valence-corrected chi connectivity index (χ1v) is 8.14. The van der Waals surface area contributed by atoms with Crippen molar-refractivity contribution >= 4 is 0 Å². The second-order valence-corrected chi connectivity index (χ2v) is 7.01. The van der Waals surface area contributed by atoms with Crippen LogP contribution in [0.5, 0.6) is 0 Å². The smallest absolute Gasteiger partial charge is 0.0647 e. The summed E-state index contributed by atoms with van der Waals surface area (Å²) in [5.41, 5.74) is 0.251. The molecule has 3 unspecified atom stereocenters. The molecule has 2 rings (SSSR count). The molecule has 0 aliphatic carbocycles. The van der Waals surface area contributed by atoms with Crippen molar-refractivity contribution in [3.05, 3.63) is 0 Å². The van der Waals surface area contributed by atoms with Crippen molar-refractivity contribution in [1.82, 2.24) is 10.2 Å². The third-order valence-corrected chi connectivity index (χ3v) is 4.95. The van der Waals surface area contributed by atoms with Crippen LogP contribution in [0.1, 0.15) is 53.4 Å². The van der Waals surface area contributed by atoms with Gasteiger partial charge in [0.1, 0.15) is 0 Å². The monoisotopic (exact) mass is 268 g/mol. The van der Waals surface area contributed by atoms with E-state index in [1.807, 2.05) is 0 Å². The van der Waals surface area contributed by atoms with Gasteiger partial charge in [-0.25, -0.2) is 0 Å². The fourth-order valence-corrected chi connectivity index (χ4v) is 3.74. The third-order valence-electron chi connectivity index (χ3n) is 4.95. The number of nitrogens with one attached hydrogen (secondary N) is 1. The number of ether oxygens (including phenoxy) is 1. The third kappa shape index (κ3) is 3.50. The average Bonchev–Trinajstić information content (AvgIpc) is 2.39. The van der Waals surface area contributed by atoms with Gasteiger partial charge in [0.05, 0.1) is 6.61 Å². The molecule has 0 amide bonds. The second kappa shape index (κ2) is 6.55. The summed E-state index contributed by atoms with van der Waals surface area (Å²) in [6.45, 7) is 13.6. The number of nitrogens with zero attached hydrogens (tertiary/aromatic N) is 1. The van der Waals surface area contributed by atoms with Crippen LogP contribution in [0.25, 0.3) is 0 Å². The van der Waals surface area contributed by atoms with Crippen LogP contribution < -0.4 is 5.32 Å². The van der Waals surface area contributed by atoms with E-state index in [9.17, 15) is 0 Å². The first kappa shape index (κ1) is 15.3. The van der Waals surface area contributed by atoms with Crippen molar-refractivity contribution in [3.8, 4) is 0 Å². The predicted octanol–water partition coefficient (Wildman–Crippen LogP) is 2.65. The molecule has 0 bridgehead atoms. The molecule has 0 spiro atoms. The molecule has 2 saturated heterocycles. The lowest BCUT2D eigenvalue weighted by Gasteiger charge is -2.53. The minimum Gasteiger partial charge on any atom is -0.380 e. The summed E-state index contributed by atoms with van der Waals surface area (Å²) in [6, 6.07) is 1.32. The SMILES string of the molecule is CCCC1CN(C2(C)CCCOC2)C(C(C)C)CN1. The number of hydrogen-bond acceptors (Lipinski definition) is 3. The number of piperazine rings is 1. The molecule has 0 aromatic rings. The molecule has 3 heteroatoms. The molecule has 3 atom stereocenters. The van der Waals surface area contributed by atoms with Crippen molar-refractivity contribution in [2.75, 3.05) is 26.3 Å². The van der Waals surface area contributed by atoms with Crippen molar-refractivity contribution in [2.24, 2.45) is 5.92 Å². The van der Waals surface area contributed by atoms with Crippen LogP contribution >= 0.6 is 0 Å². The first-order chi connectivity index (χ1) is 9.07. The zero-order valence-corrected chi connectivity index (χ0v) is 13.2. The summed E-state index contributed by atoms with van der Waals surface area (Å²) < 4.78 is 5.80. The van der Waals surface area contributed by atoms with E-state index in [1.165, 1.54) is 32.2 Å². The lowest BCUT2D eigenvalue weighted by molar-refractivity contribution is -0.0804. The van der Waals surface area contributed by atoms with Gasteiger partial charge in [0, 0.05) is 37.3 Å². The highest BCUT2D eigenvalue weighted by Crippen LogP contribution is 2.32. The van der Waals surface area contributed by atoms with E-state index in [2.05, 4.69) is 37.9 Å². The first-order valence-electron chi connectivity index (χ1n) is 8.14. The topological polar surface area (TPSA) is 24.5 Å². The van der Waals surface area contributed by atoms with Crippen LogP contribution in [0.15, 0.2) is 0 Å². The Kier molecular flexibility index (Phi) is 5.27. The van der Waals surface area contributed by atoms with Crippen LogP contribution in [-0.4, -0.2) is 48.8 Å². The predicted molar refractivity (Wildman–Crippen MR) is 80.5 cm³/mol. The minimum absolute atomic E-state index is 0.251. The summed E-state index contributed by atoms with van der Waals surface area (Å²) in [5.74, 6) is 0.703. The Morgan fingerprint density at radius 1 is 1.42 bits per heavy atom. The summed E-state index contributed by atoms with van der Waals surface area (Å²) in [7, 11) is 0. The van der Waals surface area contributed by atoms with E-state index in [0.717, 1.165) is 19.8 Å². The molecule has 2 heterocycles. The number of rotatable bonds is 4. The normalized spacial score (nSPS) is 37.7. The molecule has 2 aliphatic heterocycles. The summed E-state index contributed by atoms with van der Waals surface area (Å²) in [6.07, 6.45) is 5.06. The van der Waals surface area contributed by atoms with Crippen LogP contribution in [-0.2, 0) is 4.74 Å². The van der Waals surface area contributed by atoms with E-state index >= 15 is 0 Å². The number of hydrogen-bond donors (Lipinski definition) is 1. The highest BCUT2D eigenvalue weighted by molar-refractivity contribution is 4.98. The van der Waals surface area contributed by atoms with Gasteiger partial charge in [-0.2, -0.15) is 0 Å². The Morgan fingerprint density at radius 3 is 2.79 bits per heavy atom. The van der Waals surface area contributed by atoms with Crippen LogP contribution in [0.3, 0.4) is 0 Å². The van der Waals surface area contributed by atoms with Crippen molar-refractivity contribution in [2.45, 2.75) is 71.0 Å². The van der Waals surface area contributed by atoms with Gasteiger partial charge in [-0.05, 0) is 32.1 Å². The zero-order valence-electron chi connectivity index (χ0n) is 13.2. The Morgan fingerprint density at radius 2 is 2.21 bits per heavy atom. The van der Waals surface area contributed by atoms with E-state index < -0.39 is 0 Å². The molecule has 1 N–H and O–H groups in total. The standard InChI is InChI=1S/C16H32N2O/c1-5-7-14-11-18(15(10-17-14)13(2)3)16(4)8-6-9-19-12-16/h13-15,17H,5-12H2,1-4H3. The maximum Gasteiger partial charge on any atom is 0.0647 e. The Balaban J connectivity index is 2.10. The van der Waals surface area contributed by atoms with Crippen LogP contribution in [0, 0.1) is 5.92 Å². The Hall–Kier alpha value is -0.120. The average molecular weight is 268 g/mol. The van der Waals surface area contributed by atoms with Gasteiger partial charge in [-0.1, -0.05) is 27.2 Å². The molecule has 3 nitrogen and oxygen atoms in total. The fraction of sp³-hybridized carbons (Fsp3) is 1.00. The molecular formula is C16H32N2O. The fourth-order valence-electron chi connectivity index (χ4n) is 3.74. The molecule has 0 saturated carbocycles. The molecule has 0 radical (unpaired) electrons. The van der Waals surface area contributed by atoms with Gasteiger partial charge >= 0.3 is 0 Å². The maximum atomic E-state index is 5.80. The summed E-state index contributed by atoms with van der Waals surface area (Å²) in [5, 5.41) is 3.76. The van der Waals surface area contributed by atoms with Gasteiger partial charge < -0.3 is 10.1 Å². The Labute approximate surface area is 119 Å². The van der Waals surface area contributed by atoms with Crippen molar-refractivity contribution < 1.29 is 4.74 Å². The zero-order chi connectivity index (χ0) is 13.9. The highest BCUT2D eigenvalue weighted by Gasteiger charge is 2.42. The largest absolute Gasteiger partial charge is 0.380 e. The second-order valence-electron chi connectivity index (χ2n) is 7.01. The van der Waals surface area contributed by atoms with E-state index in [-0.39, 0.29) is 5.54 Å². The van der Waals surface area contributed by atoms with Crippen molar-refractivity contribution in [3.63, 3.8) is 0 Å². The minimum atomic E-state index is 0.251. The molecule has 2 fully saturated rings. The summed E-state index contributed by atoms with van der Waals surface area (Å²) >= 11 is 0. The van der Waals surface area contributed by atoms with E-state index in [4.69, 9.17) is 4.74 Å². The van der Waals surface area contributed by atoms with E-state index in [1.54, 1.807) is 0 Å². The molecular weight excluding hydrogens is 236 g/mol. The van der Waals surface area contributed by atoms with Crippen LogP contribution in [0.2, 0.25) is 0 Å². The lowest BCUT2D eigenvalue weighted by Crippen LogP contribution is -2.66. The van der Waals surface area contributed by atoms with Crippen LogP contribution in [0.4, 0.5) is 0 Å². The molecule has 19 heavy (non-hydrogen) atoms. The van der Waals surface area contributed by atoms with Gasteiger partial charge in [-0.15, -0.1) is 0 Å². The van der Waals surface area contributed by atoms with Crippen molar-refractivity contribution in [1.29, 1.82) is 0 Å². The van der Waals surface area contributed by atoms with E-state index in [0.29, 0.717) is 18.0 Å². The lowest BCUT2D eigenvalue weighted by atomic mass is 9.86. The van der Waals surface area contributed by atoms with Gasteiger partial charge in [0.25, 0.3) is 0 Å². The highest BCUT2D eigenvalue weighted by atomic mass is 16.5. The summed E-state index contributed by atoms with van der Waals surface area (Å²) in [4.78, 5) is 2.77. The van der Waals surface area contributed by atoms with Gasteiger partial charge in [0.2, 0.25) is 0 Å².